The van der Waals surface area contributed by atoms with Crippen LogP contribution in [-0.4, -0.2) is 85.1 Å². The summed E-state index contributed by atoms with van der Waals surface area (Å²) in [6.45, 7) is 13.0. The number of amides is 1. The van der Waals surface area contributed by atoms with E-state index in [1.54, 1.807) is 24.3 Å². The number of H-pyrrole nitrogens is 1. The third kappa shape index (κ3) is 13.5. The Labute approximate surface area is 473 Å². The number of fused-ring (bicyclic) bond motifs is 3. The number of aromatic amines is 1. The smallest absolute Gasteiger partial charge is 0.305 e. The van der Waals surface area contributed by atoms with Crippen molar-refractivity contribution in [2.75, 3.05) is 34.8 Å². The van der Waals surface area contributed by atoms with Crippen LogP contribution in [0.3, 0.4) is 0 Å². The number of unbranched alkanes of at least 4 members (excludes halogenated alkanes) is 3. The number of rotatable bonds is 23. The van der Waals surface area contributed by atoms with Gasteiger partial charge in [0.2, 0.25) is 11.6 Å². The number of carboxylic acid groups (broad SMARTS) is 1. The van der Waals surface area contributed by atoms with Crippen LogP contribution >= 0.6 is 0 Å². The van der Waals surface area contributed by atoms with E-state index in [1.165, 1.54) is 28.7 Å². The molecule has 1 aliphatic carbocycles. The second kappa shape index (κ2) is 24.7. The molecule has 0 bridgehead atoms. The molecule has 1 amide bonds. The summed E-state index contributed by atoms with van der Waals surface area (Å²) in [4.78, 5) is 55.6. The Morgan fingerprint density at radius 1 is 0.889 bits per heavy atom. The lowest BCUT2D eigenvalue weighted by Gasteiger charge is -2.27. The van der Waals surface area contributed by atoms with Gasteiger partial charge in [0.05, 0.1) is 36.0 Å². The van der Waals surface area contributed by atoms with Crippen molar-refractivity contribution in [3.8, 4) is 5.75 Å². The minimum atomic E-state index is -4.08. The van der Waals surface area contributed by atoms with Crippen molar-refractivity contribution in [2.45, 2.75) is 122 Å². The summed E-state index contributed by atoms with van der Waals surface area (Å²) in [5.74, 6) is -0.438. The molecule has 2 aliphatic heterocycles. The molecule has 9 rings (SSSR count). The quantitative estimate of drug-likeness (QED) is 0.0199. The number of nitrogens with two attached hydrogens (primary N) is 1. The third-order valence-corrected chi connectivity index (χ3v) is 16.3. The summed E-state index contributed by atoms with van der Waals surface area (Å²) in [6.07, 6.45) is 17.0. The van der Waals surface area contributed by atoms with Crippen LogP contribution in [0.5, 0.6) is 5.75 Å². The van der Waals surface area contributed by atoms with Gasteiger partial charge in [0, 0.05) is 64.8 Å². The predicted molar refractivity (Wildman–Crippen MR) is 318 cm³/mol. The highest BCUT2D eigenvalue weighted by Gasteiger charge is 2.44. The standard InChI is InChI=1S/C63H71N9O8S/c1-6-7-12-34-71-51-20-10-8-18-49(51)62(2,3)53(71)32-26-42-16-15-17-43(27-33-54-63(4,5)50-19-9-11-21-52(50)72(54)35-13-14-36-81(77,78)79)57(42)80-48-30-22-41(23-31-48)37-46(38-55(73)74)68-59(75)44-24-28-45(29-25-44)65-39-47-40-66-58-56(67-47)60(76)70-61(64)69-58/h8-11,18-33,40,46H,6-7,12-17,34-39H2,1-5H3,(H6-,64,65,66,68,69,70,73,74,75,76,77,78,79)/p+1/t46-/m1/s1. The molecule has 81 heavy (non-hydrogen) atoms. The molecule has 422 valence electrons. The Kier molecular flexibility index (Phi) is 17.5. The number of hydrogen-bond donors (Lipinski definition) is 6. The molecule has 0 saturated carbocycles. The van der Waals surface area contributed by atoms with Gasteiger partial charge >= 0.3 is 5.97 Å². The molecule has 1 atom stereocenters. The number of para-hydroxylation sites is 2. The van der Waals surface area contributed by atoms with Crippen molar-refractivity contribution in [1.29, 1.82) is 0 Å². The maximum Gasteiger partial charge on any atom is 0.305 e. The first-order chi connectivity index (χ1) is 38.8. The molecule has 6 aromatic rings. The molecule has 0 spiro atoms. The summed E-state index contributed by atoms with van der Waals surface area (Å²) in [5, 5.41) is 16.1. The first-order valence-corrected chi connectivity index (χ1v) is 29.4. The highest BCUT2D eigenvalue weighted by atomic mass is 32.2. The van der Waals surface area contributed by atoms with Crippen LogP contribution in [-0.2, 0) is 38.7 Å². The fourth-order valence-electron chi connectivity index (χ4n) is 11.3. The number of benzene rings is 4. The van der Waals surface area contributed by atoms with Crippen molar-refractivity contribution < 1.29 is 37.0 Å². The van der Waals surface area contributed by atoms with Gasteiger partial charge in [-0.25, -0.2) is 9.97 Å². The molecule has 7 N–H and O–H groups in total. The number of anilines is 3. The van der Waals surface area contributed by atoms with Crippen LogP contribution in [0, 0.1) is 0 Å². The third-order valence-electron chi connectivity index (χ3n) is 15.5. The van der Waals surface area contributed by atoms with Gasteiger partial charge < -0.3 is 31.1 Å². The number of carboxylic acids is 1. The lowest BCUT2D eigenvalue weighted by molar-refractivity contribution is -0.438. The van der Waals surface area contributed by atoms with Crippen LogP contribution < -0.4 is 31.6 Å². The number of aromatic nitrogens is 4. The molecule has 0 saturated heterocycles. The SMILES string of the molecule is CCCCCN1/C(=C/C=C2\CCCC(/C=C/C3=[N+](CCCCS(=O)(=O)O)c4ccccc4C3(C)C)=C2Oc2ccc(C[C@H](CC(=O)O)NC(=O)c3ccc(NCc4cnc5nc(N)[nH]c(=O)c5n4)cc3)cc2)C(C)(C)c2ccccc21. The number of allylic oxidation sites excluding steroid dienone is 7. The second-order valence-electron chi connectivity index (χ2n) is 22.1. The van der Waals surface area contributed by atoms with E-state index < -0.39 is 33.6 Å². The van der Waals surface area contributed by atoms with Crippen LogP contribution in [0.1, 0.15) is 125 Å². The molecule has 0 unspecified atom stereocenters. The first-order valence-electron chi connectivity index (χ1n) is 27.8. The Hall–Kier alpha value is -8.22. The fourth-order valence-corrected chi connectivity index (χ4v) is 11.9. The molecule has 2 aromatic heterocycles. The number of nitrogens with one attached hydrogen (secondary N) is 3. The van der Waals surface area contributed by atoms with Gasteiger partial charge in [0.1, 0.15) is 18.1 Å². The van der Waals surface area contributed by atoms with Crippen LogP contribution in [0.25, 0.3) is 11.2 Å². The zero-order valence-electron chi connectivity index (χ0n) is 46.7. The van der Waals surface area contributed by atoms with E-state index in [0.717, 1.165) is 78.9 Å². The van der Waals surface area contributed by atoms with E-state index in [9.17, 15) is 32.5 Å². The predicted octanol–water partition coefficient (Wildman–Crippen LogP) is 10.6. The second-order valence-corrected chi connectivity index (χ2v) is 23.7. The summed E-state index contributed by atoms with van der Waals surface area (Å²) < 4.78 is 42.1. The highest BCUT2D eigenvalue weighted by Crippen LogP contribution is 2.48. The number of nitrogens with zero attached hydrogens (tertiary/aromatic N) is 5. The van der Waals surface area contributed by atoms with E-state index in [2.05, 4.69) is 135 Å². The van der Waals surface area contributed by atoms with Gasteiger partial charge in [-0.1, -0.05) is 88.2 Å². The van der Waals surface area contributed by atoms with Gasteiger partial charge in [0.25, 0.3) is 21.6 Å². The zero-order valence-corrected chi connectivity index (χ0v) is 47.5. The van der Waals surface area contributed by atoms with Crippen LogP contribution in [0.2, 0.25) is 0 Å². The average Bonchev–Trinajstić information content (AvgIpc) is 3.00. The monoisotopic (exact) mass is 1110 g/mol. The number of ether oxygens (including phenoxy) is 1. The molecule has 3 aliphatic rings. The molecule has 18 heteroatoms. The van der Waals surface area contributed by atoms with Crippen molar-refractivity contribution in [3.05, 3.63) is 188 Å². The average molecular weight is 1120 g/mol. The van der Waals surface area contributed by atoms with Gasteiger partial charge in [0.15, 0.2) is 16.9 Å². The number of aliphatic carboxylic acids is 1. The number of nitrogen functional groups attached to an aromatic ring is 1. The molecule has 4 heterocycles. The molecule has 0 radical (unpaired) electrons. The van der Waals surface area contributed by atoms with Crippen molar-refractivity contribution >= 4 is 61.9 Å². The Morgan fingerprint density at radius 3 is 2.37 bits per heavy atom. The van der Waals surface area contributed by atoms with Gasteiger partial charge in [-0.15, -0.1) is 0 Å². The number of carbonyl (C=O) groups excluding carboxylic acids is 1. The maximum absolute atomic E-state index is 13.6. The lowest BCUT2D eigenvalue weighted by Crippen LogP contribution is -2.38. The first kappa shape index (κ1) is 57.5. The number of carbonyl (C=O) groups is 2. The Bertz CT molecular complexity index is 3670. The van der Waals surface area contributed by atoms with Gasteiger partial charge in [-0.3, -0.25) is 23.9 Å². The van der Waals surface area contributed by atoms with E-state index in [-0.39, 0.29) is 53.1 Å². The molecule has 17 nitrogen and oxygen atoms in total. The van der Waals surface area contributed by atoms with E-state index in [1.807, 2.05) is 36.4 Å². The van der Waals surface area contributed by atoms with Crippen molar-refractivity contribution in [3.63, 3.8) is 0 Å². The maximum atomic E-state index is 13.6. The minimum absolute atomic E-state index is 0.0478. The Balaban J connectivity index is 0.972. The van der Waals surface area contributed by atoms with Crippen molar-refractivity contribution in [2.24, 2.45) is 0 Å². The van der Waals surface area contributed by atoms with E-state index in [0.29, 0.717) is 42.1 Å². The van der Waals surface area contributed by atoms with E-state index in [4.69, 9.17) is 10.5 Å². The minimum Gasteiger partial charge on any atom is -0.481 e. The van der Waals surface area contributed by atoms with Gasteiger partial charge in [-0.05, 0) is 129 Å². The summed E-state index contributed by atoms with van der Waals surface area (Å²) in [6, 6.07) is 30.6. The van der Waals surface area contributed by atoms with Gasteiger partial charge in [-0.2, -0.15) is 18.0 Å². The van der Waals surface area contributed by atoms with Crippen LogP contribution in [0.15, 0.2) is 155 Å². The normalized spacial score (nSPS) is 17.0. The molecule has 0 fully saturated rings. The summed E-state index contributed by atoms with van der Waals surface area (Å²) in [5.41, 5.74) is 16.3. The summed E-state index contributed by atoms with van der Waals surface area (Å²) in [7, 11) is -4.08. The highest BCUT2D eigenvalue weighted by molar-refractivity contribution is 7.85. The largest absolute Gasteiger partial charge is 0.481 e. The molecule has 4 aromatic carbocycles. The van der Waals surface area contributed by atoms with Crippen LogP contribution in [0.4, 0.5) is 23.0 Å². The Morgan fingerprint density at radius 2 is 1.63 bits per heavy atom. The molecular weight excluding hydrogens is 1040 g/mol. The zero-order chi connectivity index (χ0) is 57.5. The molecular formula is C63H72N9O8S+. The van der Waals surface area contributed by atoms with E-state index >= 15 is 0 Å². The lowest BCUT2D eigenvalue weighted by atomic mass is 9.81. The summed E-state index contributed by atoms with van der Waals surface area (Å²) >= 11 is 0. The topological polar surface area (TPSA) is 246 Å². The fraction of sp³-hybridized carbons (Fsp3) is 0.349. The van der Waals surface area contributed by atoms with Crippen molar-refractivity contribution in [1.82, 2.24) is 25.3 Å². The number of hydrogen-bond acceptors (Lipinski definition) is 12.